The number of benzene rings is 2. The Morgan fingerprint density at radius 1 is 1.03 bits per heavy atom. The number of aromatic hydroxyl groups is 1. The Bertz CT molecular complexity index is 1140. The number of ether oxygens (including phenoxy) is 1. The molecule has 1 heterocycles. The first-order valence-electron chi connectivity index (χ1n) is 8.72. The molecule has 0 saturated carbocycles. The van der Waals surface area contributed by atoms with E-state index >= 15 is 0 Å². The van der Waals surface area contributed by atoms with E-state index in [1.165, 1.54) is 16.4 Å². The molecule has 3 N–H and O–H groups in total. The fourth-order valence-electron chi connectivity index (χ4n) is 2.68. The van der Waals surface area contributed by atoms with Gasteiger partial charge in [0.1, 0.15) is 11.5 Å². The summed E-state index contributed by atoms with van der Waals surface area (Å²) in [6.07, 6.45) is 0. The molecule has 0 spiro atoms. The first-order valence-corrected chi connectivity index (χ1v) is 10.5. The summed E-state index contributed by atoms with van der Waals surface area (Å²) < 4.78 is 33.0. The van der Waals surface area contributed by atoms with Crippen molar-refractivity contribution in [2.24, 2.45) is 0 Å². The van der Waals surface area contributed by atoms with E-state index in [9.17, 15) is 18.3 Å². The van der Waals surface area contributed by atoms with Gasteiger partial charge >= 0.3 is 5.69 Å². The van der Waals surface area contributed by atoms with Gasteiger partial charge in [-0.15, -0.1) is 0 Å². The highest BCUT2D eigenvalue weighted by Gasteiger charge is 2.28. The van der Waals surface area contributed by atoms with Gasteiger partial charge in [0.25, 0.3) is 0 Å². The second-order valence-electron chi connectivity index (χ2n) is 6.58. The summed E-state index contributed by atoms with van der Waals surface area (Å²) >= 11 is 5.85. The van der Waals surface area contributed by atoms with E-state index in [0.717, 1.165) is 0 Å². The molecule has 0 radical (unpaired) electrons. The van der Waals surface area contributed by atoms with Crippen LogP contribution in [0.5, 0.6) is 17.4 Å². The highest BCUT2D eigenvalue weighted by Crippen LogP contribution is 2.27. The Hall–Kier alpha value is -2.75. The quantitative estimate of drug-likeness (QED) is 0.523. The molecule has 29 heavy (non-hydrogen) atoms. The summed E-state index contributed by atoms with van der Waals surface area (Å²) in [5.41, 5.74) is -0.516. The molecule has 0 aliphatic rings. The van der Waals surface area contributed by atoms with Gasteiger partial charge < -0.3 is 14.8 Å². The number of sulfonamides is 1. The van der Waals surface area contributed by atoms with Crippen LogP contribution in [-0.4, -0.2) is 33.8 Å². The molecule has 0 unspecified atom stereocenters. The van der Waals surface area contributed by atoms with Crippen LogP contribution in [0.3, 0.4) is 0 Å². The van der Waals surface area contributed by atoms with Crippen LogP contribution in [0.1, 0.15) is 19.5 Å². The number of halogens is 1. The topological polar surface area (TPSA) is 115 Å². The molecular weight excluding hydrogens is 418 g/mol. The molecule has 1 aromatic heterocycles. The monoisotopic (exact) mass is 437 g/mol. The number of imidazole rings is 1. The predicted octanol–water partition coefficient (Wildman–Crippen LogP) is 3.45. The zero-order chi connectivity index (χ0) is 21.2. The number of aromatic amines is 2. The smallest absolute Gasteiger partial charge is 0.326 e. The van der Waals surface area contributed by atoms with Gasteiger partial charge in [0, 0.05) is 11.1 Å². The van der Waals surface area contributed by atoms with Gasteiger partial charge in [0.15, 0.2) is 0 Å². The van der Waals surface area contributed by atoms with Crippen molar-refractivity contribution in [3.63, 3.8) is 0 Å². The maximum absolute atomic E-state index is 13.1. The van der Waals surface area contributed by atoms with Crippen molar-refractivity contribution < 1.29 is 18.3 Å². The molecule has 0 aliphatic carbocycles. The Kier molecular flexibility index (Phi) is 6.02. The fourth-order valence-corrected chi connectivity index (χ4v) is 4.41. The Labute approximate surface area is 172 Å². The van der Waals surface area contributed by atoms with E-state index in [1.807, 2.05) is 0 Å². The van der Waals surface area contributed by atoms with Crippen LogP contribution in [0.15, 0.2) is 58.2 Å². The van der Waals surface area contributed by atoms with Crippen molar-refractivity contribution >= 4 is 21.6 Å². The third kappa shape index (κ3) is 4.81. The van der Waals surface area contributed by atoms with Gasteiger partial charge in [-0.2, -0.15) is 4.31 Å². The molecule has 2 aromatic carbocycles. The lowest BCUT2D eigenvalue weighted by atomic mass is 10.3. The molecule has 10 heteroatoms. The van der Waals surface area contributed by atoms with Gasteiger partial charge in [-0.1, -0.05) is 11.6 Å². The van der Waals surface area contributed by atoms with Crippen LogP contribution in [-0.2, 0) is 16.6 Å². The van der Waals surface area contributed by atoms with Crippen molar-refractivity contribution in [1.29, 1.82) is 0 Å². The minimum absolute atomic E-state index is 0.0621. The number of nitrogens with zero attached hydrogens (tertiary/aromatic N) is 1. The van der Waals surface area contributed by atoms with Crippen LogP contribution in [0, 0.1) is 0 Å². The van der Waals surface area contributed by atoms with Crippen molar-refractivity contribution in [3.8, 4) is 17.4 Å². The third-order valence-corrected chi connectivity index (χ3v) is 6.44. The largest absolute Gasteiger partial charge is 0.493 e. The Morgan fingerprint density at radius 3 is 2.07 bits per heavy atom. The molecule has 0 saturated heterocycles. The maximum atomic E-state index is 13.1. The molecule has 0 atom stereocenters. The predicted molar refractivity (Wildman–Crippen MR) is 109 cm³/mol. The van der Waals surface area contributed by atoms with Crippen molar-refractivity contribution in [1.82, 2.24) is 14.3 Å². The molecule has 3 rings (SSSR count). The van der Waals surface area contributed by atoms with Crippen LogP contribution in [0.25, 0.3) is 0 Å². The average molecular weight is 438 g/mol. The zero-order valence-corrected chi connectivity index (χ0v) is 17.3. The minimum Gasteiger partial charge on any atom is -0.493 e. The number of H-pyrrole nitrogens is 2. The Morgan fingerprint density at radius 2 is 1.59 bits per heavy atom. The van der Waals surface area contributed by atoms with E-state index in [4.69, 9.17) is 16.3 Å². The fraction of sp³-hybridized carbons (Fsp3) is 0.211. The summed E-state index contributed by atoms with van der Waals surface area (Å²) in [4.78, 5) is 16.0. The van der Waals surface area contributed by atoms with Gasteiger partial charge in [0.05, 0.1) is 17.1 Å². The van der Waals surface area contributed by atoms with Crippen molar-refractivity contribution in [2.45, 2.75) is 31.3 Å². The van der Waals surface area contributed by atoms with E-state index in [-0.39, 0.29) is 23.0 Å². The van der Waals surface area contributed by atoms with E-state index in [0.29, 0.717) is 16.5 Å². The van der Waals surface area contributed by atoms with Crippen molar-refractivity contribution in [3.05, 3.63) is 69.7 Å². The average Bonchev–Trinajstić information content (AvgIpc) is 2.98. The SMILES string of the molecule is CC(C)N(Cc1[nH]c(=O)[nH]c1O)S(=O)(=O)c1ccc(Oc2ccc(Cl)cc2)cc1. The molecule has 8 nitrogen and oxygen atoms in total. The van der Waals surface area contributed by atoms with Gasteiger partial charge in [-0.05, 0) is 62.4 Å². The van der Waals surface area contributed by atoms with E-state index in [1.54, 1.807) is 50.2 Å². The number of rotatable bonds is 7. The summed E-state index contributed by atoms with van der Waals surface area (Å²) in [5.74, 6) is 0.651. The van der Waals surface area contributed by atoms with E-state index in [2.05, 4.69) is 9.97 Å². The molecule has 0 bridgehead atoms. The molecule has 0 amide bonds. The molecule has 0 aliphatic heterocycles. The summed E-state index contributed by atoms with van der Waals surface area (Å²) in [6, 6.07) is 12.4. The van der Waals surface area contributed by atoms with Crippen LogP contribution in [0.2, 0.25) is 5.02 Å². The maximum Gasteiger partial charge on any atom is 0.326 e. The third-order valence-electron chi connectivity index (χ3n) is 4.15. The summed E-state index contributed by atoms with van der Waals surface area (Å²) in [5, 5.41) is 10.3. The lowest BCUT2D eigenvalue weighted by molar-refractivity contribution is 0.337. The zero-order valence-electron chi connectivity index (χ0n) is 15.7. The Balaban J connectivity index is 1.83. The van der Waals surface area contributed by atoms with E-state index < -0.39 is 21.8 Å². The lowest BCUT2D eigenvalue weighted by Gasteiger charge is -2.25. The standard InChI is InChI=1S/C19H20ClN3O5S/c1-12(2)23(11-17-18(24)22-19(25)21-17)29(26,27)16-9-7-15(8-10-16)28-14-5-3-13(20)4-6-14/h3-10,12,24H,11H2,1-2H3,(H2,21,22,25). The summed E-state index contributed by atoms with van der Waals surface area (Å²) in [7, 11) is -3.89. The first kappa shape index (κ1) is 21.0. The first-order chi connectivity index (χ1) is 13.7. The number of nitrogens with one attached hydrogen (secondary N) is 2. The number of aromatic nitrogens is 2. The second-order valence-corrected chi connectivity index (χ2v) is 8.90. The van der Waals surface area contributed by atoms with Crippen LogP contribution in [0.4, 0.5) is 0 Å². The highest BCUT2D eigenvalue weighted by atomic mass is 35.5. The minimum atomic E-state index is -3.89. The normalized spacial score (nSPS) is 11.9. The van der Waals surface area contributed by atoms with Gasteiger partial charge in [-0.25, -0.2) is 13.2 Å². The van der Waals surface area contributed by atoms with Crippen molar-refractivity contribution in [2.75, 3.05) is 0 Å². The highest BCUT2D eigenvalue weighted by molar-refractivity contribution is 7.89. The van der Waals surface area contributed by atoms with Crippen LogP contribution < -0.4 is 10.4 Å². The molecule has 154 valence electrons. The van der Waals surface area contributed by atoms with Gasteiger partial charge in [0.2, 0.25) is 15.9 Å². The second kappa shape index (κ2) is 8.32. The number of hydrogen-bond donors (Lipinski definition) is 3. The van der Waals surface area contributed by atoms with Crippen LogP contribution >= 0.6 is 11.6 Å². The molecule has 0 fully saturated rings. The molecule has 3 aromatic rings. The molecular formula is C19H20ClN3O5S. The van der Waals surface area contributed by atoms with Gasteiger partial charge in [-0.3, -0.25) is 4.98 Å². The summed E-state index contributed by atoms with van der Waals surface area (Å²) in [6.45, 7) is 3.22. The number of hydrogen-bond acceptors (Lipinski definition) is 5. The lowest BCUT2D eigenvalue weighted by Crippen LogP contribution is -2.36.